The lowest BCUT2D eigenvalue weighted by molar-refractivity contribution is 0.476. The van der Waals surface area contributed by atoms with Crippen LogP contribution in [0.5, 0.6) is 11.5 Å². The molecular weight excluding hydrogens is 234 g/mol. The number of rotatable bonds is 3. The Bertz CT molecular complexity index is 508. The van der Waals surface area contributed by atoms with Gasteiger partial charge in [-0.1, -0.05) is 41.4 Å². The van der Waals surface area contributed by atoms with Crippen molar-refractivity contribution in [2.45, 2.75) is 13.5 Å². The fourth-order valence-electron chi connectivity index (χ4n) is 1.55. The molecule has 17 heavy (non-hydrogen) atoms. The summed E-state index contributed by atoms with van der Waals surface area (Å²) in [7, 11) is 0. The predicted octanol–water partition coefficient (Wildman–Crippen LogP) is 3.90. The van der Waals surface area contributed by atoms with Crippen molar-refractivity contribution < 1.29 is 4.74 Å². The first-order valence-corrected chi connectivity index (χ1v) is 5.80. The van der Waals surface area contributed by atoms with Gasteiger partial charge in [0.1, 0.15) is 11.5 Å². The van der Waals surface area contributed by atoms with Crippen molar-refractivity contribution in [3.05, 3.63) is 58.6 Å². The summed E-state index contributed by atoms with van der Waals surface area (Å²) in [6.07, 6.45) is 0. The van der Waals surface area contributed by atoms with Crippen molar-refractivity contribution in [2.24, 2.45) is 5.73 Å². The summed E-state index contributed by atoms with van der Waals surface area (Å²) in [5.41, 5.74) is 7.75. The molecule has 0 unspecified atom stereocenters. The monoisotopic (exact) mass is 247 g/mol. The van der Waals surface area contributed by atoms with E-state index in [1.807, 2.05) is 43.3 Å². The highest BCUT2D eigenvalue weighted by Gasteiger charge is 2.08. The zero-order valence-electron chi connectivity index (χ0n) is 9.61. The van der Waals surface area contributed by atoms with Crippen LogP contribution in [0, 0.1) is 6.92 Å². The fourth-order valence-corrected chi connectivity index (χ4v) is 1.79. The minimum Gasteiger partial charge on any atom is -0.455 e. The third-order valence-electron chi connectivity index (χ3n) is 2.51. The average Bonchev–Trinajstić information content (AvgIpc) is 2.34. The zero-order valence-corrected chi connectivity index (χ0v) is 10.4. The highest BCUT2D eigenvalue weighted by molar-refractivity contribution is 6.32. The Morgan fingerprint density at radius 2 is 1.82 bits per heavy atom. The molecule has 0 aliphatic heterocycles. The number of para-hydroxylation sites is 1. The molecule has 2 aromatic rings. The summed E-state index contributed by atoms with van der Waals surface area (Å²) in [4.78, 5) is 0. The minimum absolute atomic E-state index is 0.405. The van der Waals surface area contributed by atoms with Gasteiger partial charge in [-0.2, -0.15) is 0 Å². The lowest BCUT2D eigenvalue weighted by Crippen LogP contribution is -1.99. The van der Waals surface area contributed by atoms with E-state index in [9.17, 15) is 0 Å². The first kappa shape index (κ1) is 12.0. The normalized spacial score (nSPS) is 10.3. The average molecular weight is 248 g/mol. The SMILES string of the molecule is Cc1ccc(Oc2c(Cl)cccc2CN)cc1. The molecular formula is C14H14ClNO. The Hall–Kier alpha value is -1.51. The van der Waals surface area contributed by atoms with Gasteiger partial charge in [0.05, 0.1) is 5.02 Å². The van der Waals surface area contributed by atoms with Gasteiger partial charge in [0.25, 0.3) is 0 Å². The molecule has 0 aliphatic carbocycles. The van der Waals surface area contributed by atoms with Crippen LogP contribution in [0.1, 0.15) is 11.1 Å². The molecule has 0 fully saturated rings. The lowest BCUT2D eigenvalue weighted by atomic mass is 10.2. The topological polar surface area (TPSA) is 35.2 Å². The first-order chi connectivity index (χ1) is 8.20. The Morgan fingerprint density at radius 3 is 2.47 bits per heavy atom. The highest BCUT2D eigenvalue weighted by Crippen LogP contribution is 2.32. The third-order valence-corrected chi connectivity index (χ3v) is 2.81. The van der Waals surface area contributed by atoms with Crippen LogP contribution in [0.25, 0.3) is 0 Å². The molecule has 0 aromatic heterocycles. The Labute approximate surface area is 106 Å². The van der Waals surface area contributed by atoms with Crippen molar-refractivity contribution in [1.29, 1.82) is 0 Å². The fraction of sp³-hybridized carbons (Fsp3) is 0.143. The molecule has 0 amide bonds. The summed E-state index contributed by atoms with van der Waals surface area (Å²) in [6.45, 7) is 2.44. The molecule has 0 heterocycles. The summed E-state index contributed by atoms with van der Waals surface area (Å²) in [5, 5.41) is 0.577. The van der Waals surface area contributed by atoms with E-state index in [1.54, 1.807) is 6.07 Å². The van der Waals surface area contributed by atoms with Crippen LogP contribution in [0.4, 0.5) is 0 Å². The number of ether oxygens (including phenoxy) is 1. The third kappa shape index (κ3) is 2.78. The molecule has 2 nitrogen and oxygen atoms in total. The Morgan fingerprint density at radius 1 is 1.12 bits per heavy atom. The number of halogens is 1. The maximum absolute atomic E-state index is 6.11. The van der Waals surface area contributed by atoms with E-state index < -0.39 is 0 Å². The van der Waals surface area contributed by atoms with E-state index >= 15 is 0 Å². The van der Waals surface area contributed by atoms with Crippen molar-refractivity contribution >= 4 is 11.6 Å². The maximum Gasteiger partial charge on any atom is 0.150 e. The second-order valence-electron chi connectivity index (χ2n) is 3.85. The highest BCUT2D eigenvalue weighted by atomic mass is 35.5. The maximum atomic E-state index is 6.11. The molecule has 3 heteroatoms. The molecule has 2 rings (SSSR count). The van der Waals surface area contributed by atoms with E-state index in [2.05, 4.69) is 0 Å². The van der Waals surface area contributed by atoms with Crippen LogP contribution in [-0.2, 0) is 6.54 Å². The number of hydrogen-bond donors (Lipinski definition) is 1. The molecule has 0 radical (unpaired) electrons. The van der Waals surface area contributed by atoms with Gasteiger partial charge < -0.3 is 10.5 Å². The van der Waals surface area contributed by atoms with Crippen LogP contribution in [-0.4, -0.2) is 0 Å². The predicted molar refractivity (Wildman–Crippen MR) is 70.6 cm³/mol. The number of nitrogens with two attached hydrogens (primary N) is 1. The van der Waals surface area contributed by atoms with Gasteiger partial charge in [0.15, 0.2) is 0 Å². The van der Waals surface area contributed by atoms with Gasteiger partial charge >= 0.3 is 0 Å². The van der Waals surface area contributed by atoms with Gasteiger partial charge in [-0.25, -0.2) is 0 Å². The van der Waals surface area contributed by atoms with Crippen LogP contribution < -0.4 is 10.5 Å². The number of benzene rings is 2. The summed E-state index contributed by atoms with van der Waals surface area (Å²) < 4.78 is 5.77. The number of hydrogen-bond acceptors (Lipinski definition) is 2. The second kappa shape index (κ2) is 5.21. The minimum atomic E-state index is 0.405. The summed E-state index contributed by atoms with van der Waals surface area (Å²) in [5.74, 6) is 1.40. The van der Waals surface area contributed by atoms with E-state index in [0.29, 0.717) is 17.3 Å². The molecule has 2 aromatic carbocycles. The molecule has 0 bridgehead atoms. The van der Waals surface area contributed by atoms with Gasteiger partial charge in [-0.15, -0.1) is 0 Å². The second-order valence-corrected chi connectivity index (χ2v) is 4.25. The molecule has 0 atom stereocenters. The largest absolute Gasteiger partial charge is 0.455 e. The van der Waals surface area contributed by atoms with Gasteiger partial charge in [-0.3, -0.25) is 0 Å². The van der Waals surface area contributed by atoms with E-state index in [4.69, 9.17) is 22.1 Å². The van der Waals surface area contributed by atoms with Gasteiger partial charge in [-0.05, 0) is 25.1 Å². The van der Waals surface area contributed by atoms with Crippen LogP contribution in [0.3, 0.4) is 0 Å². The molecule has 0 aliphatic rings. The van der Waals surface area contributed by atoms with Crippen molar-refractivity contribution in [3.63, 3.8) is 0 Å². The van der Waals surface area contributed by atoms with Crippen LogP contribution in [0.15, 0.2) is 42.5 Å². The summed E-state index contributed by atoms with van der Waals surface area (Å²) in [6, 6.07) is 13.4. The summed E-state index contributed by atoms with van der Waals surface area (Å²) >= 11 is 6.11. The molecule has 0 saturated carbocycles. The van der Waals surface area contributed by atoms with Crippen molar-refractivity contribution in [2.75, 3.05) is 0 Å². The Kier molecular flexibility index (Phi) is 3.67. The molecule has 0 saturated heterocycles. The smallest absolute Gasteiger partial charge is 0.150 e. The lowest BCUT2D eigenvalue weighted by Gasteiger charge is -2.11. The zero-order chi connectivity index (χ0) is 12.3. The quantitative estimate of drug-likeness (QED) is 0.893. The van der Waals surface area contributed by atoms with E-state index in [1.165, 1.54) is 5.56 Å². The Balaban J connectivity index is 2.32. The van der Waals surface area contributed by atoms with Crippen LogP contribution >= 0.6 is 11.6 Å². The standard InChI is InChI=1S/C14H14ClNO/c1-10-5-7-12(8-6-10)17-14-11(9-16)3-2-4-13(14)15/h2-8H,9,16H2,1H3. The van der Waals surface area contributed by atoms with Crippen molar-refractivity contribution in [1.82, 2.24) is 0 Å². The van der Waals surface area contributed by atoms with Crippen LogP contribution in [0.2, 0.25) is 5.02 Å². The number of aryl methyl sites for hydroxylation is 1. The molecule has 2 N–H and O–H groups in total. The van der Waals surface area contributed by atoms with Crippen molar-refractivity contribution in [3.8, 4) is 11.5 Å². The first-order valence-electron chi connectivity index (χ1n) is 5.42. The van der Waals surface area contributed by atoms with E-state index in [-0.39, 0.29) is 0 Å². The van der Waals surface area contributed by atoms with Gasteiger partial charge in [0, 0.05) is 12.1 Å². The molecule has 88 valence electrons. The van der Waals surface area contributed by atoms with E-state index in [0.717, 1.165) is 11.3 Å². The van der Waals surface area contributed by atoms with Gasteiger partial charge in [0.2, 0.25) is 0 Å². The molecule has 0 spiro atoms.